The van der Waals surface area contributed by atoms with Gasteiger partial charge in [-0.05, 0) is 37.7 Å². The zero-order valence-electron chi connectivity index (χ0n) is 9.63. The van der Waals surface area contributed by atoms with Crippen LogP contribution in [0.3, 0.4) is 0 Å². The monoisotopic (exact) mass is 270 g/mol. The minimum Gasteiger partial charge on any atom is -0.329 e. The van der Waals surface area contributed by atoms with Crippen LogP contribution in [0.15, 0.2) is 22.7 Å². The molecular formula is C12H19BrN2. The first-order valence-corrected chi connectivity index (χ1v) is 6.05. The first kappa shape index (κ1) is 12.7. The number of aryl methyl sites for hydroxylation is 1. The van der Waals surface area contributed by atoms with Gasteiger partial charge in [0.15, 0.2) is 0 Å². The molecule has 0 bridgehead atoms. The first-order chi connectivity index (χ1) is 7.10. The van der Waals surface area contributed by atoms with E-state index in [0.717, 1.165) is 11.0 Å². The normalized spacial score (nSPS) is 13.2. The van der Waals surface area contributed by atoms with Crippen molar-refractivity contribution in [1.29, 1.82) is 0 Å². The molecule has 0 saturated carbocycles. The Balaban J connectivity index is 2.97. The van der Waals surface area contributed by atoms with Crippen LogP contribution in [0.5, 0.6) is 0 Å². The van der Waals surface area contributed by atoms with Gasteiger partial charge >= 0.3 is 0 Å². The molecule has 0 aliphatic rings. The molecule has 0 aromatic heterocycles. The molecule has 1 aromatic carbocycles. The van der Waals surface area contributed by atoms with E-state index in [1.54, 1.807) is 0 Å². The van der Waals surface area contributed by atoms with Gasteiger partial charge in [0, 0.05) is 17.1 Å². The molecule has 0 heterocycles. The molecule has 2 nitrogen and oxygen atoms in total. The van der Waals surface area contributed by atoms with Crippen molar-refractivity contribution in [2.24, 2.45) is 5.73 Å². The van der Waals surface area contributed by atoms with Crippen LogP contribution in [-0.4, -0.2) is 25.0 Å². The standard InChI is InChI=1S/C12H19BrN2/c1-4-15(3)12(8-14)10-5-6-11(13)9(2)7-10/h5-7,12H,4,8,14H2,1-3H3. The van der Waals surface area contributed by atoms with Crippen molar-refractivity contribution < 1.29 is 0 Å². The highest BCUT2D eigenvalue weighted by atomic mass is 79.9. The summed E-state index contributed by atoms with van der Waals surface area (Å²) in [5, 5.41) is 0. The molecule has 3 heteroatoms. The van der Waals surface area contributed by atoms with E-state index in [0.29, 0.717) is 12.6 Å². The number of likely N-dealkylation sites (N-methyl/N-ethyl adjacent to an activating group) is 1. The van der Waals surface area contributed by atoms with Crippen LogP contribution in [0, 0.1) is 6.92 Å². The fourth-order valence-corrected chi connectivity index (χ4v) is 1.91. The molecular weight excluding hydrogens is 252 g/mol. The number of hydrogen-bond donors (Lipinski definition) is 1. The van der Waals surface area contributed by atoms with E-state index in [1.807, 2.05) is 0 Å². The maximum atomic E-state index is 5.82. The van der Waals surface area contributed by atoms with E-state index in [9.17, 15) is 0 Å². The third kappa shape index (κ3) is 3.03. The summed E-state index contributed by atoms with van der Waals surface area (Å²) >= 11 is 3.51. The van der Waals surface area contributed by atoms with Crippen molar-refractivity contribution >= 4 is 15.9 Å². The van der Waals surface area contributed by atoms with Crippen LogP contribution in [0.4, 0.5) is 0 Å². The Kier molecular flexibility index (Phi) is 4.77. The summed E-state index contributed by atoms with van der Waals surface area (Å²) < 4.78 is 1.15. The molecule has 2 N–H and O–H groups in total. The van der Waals surface area contributed by atoms with Gasteiger partial charge in [0.1, 0.15) is 0 Å². The summed E-state index contributed by atoms with van der Waals surface area (Å²) in [7, 11) is 2.11. The van der Waals surface area contributed by atoms with Crippen LogP contribution in [0.25, 0.3) is 0 Å². The van der Waals surface area contributed by atoms with Gasteiger partial charge in [-0.15, -0.1) is 0 Å². The molecule has 1 rings (SSSR count). The minimum absolute atomic E-state index is 0.321. The average Bonchev–Trinajstić information content (AvgIpc) is 2.24. The van der Waals surface area contributed by atoms with Crippen LogP contribution in [0.1, 0.15) is 24.1 Å². The molecule has 0 radical (unpaired) electrons. The van der Waals surface area contributed by atoms with Crippen LogP contribution in [0.2, 0.25) is 0 Å². The second kappa shape index (κ2) is 5.64. The smallest absolute Gasteiger partial charge is 0.0467 e. The third-order valence-corrected chi connectivity index (χ3v) is 3.71. The molecule has 1 atom stereocenters. The molecule has 0 saturated heterocycles. The predicted octanol–water partition coefficient (Wildman–Crippen LogP) is 2.71. The van der Waals surface area contributed by atoms with Gasteiger partial charge in [-0.2, -0.15) is 0 Å². The highest BCUT2D eigenvalue weighted by Crippen LogP contribution is 2.23. The first-order valence-electron chi connectivity index (χ1n) is 5.26. The number of benzene rings is 1. The molecule has 0 aliphatic carbocycles. The lowest BCUT2D eigenvalue weighted by Gasteiger charge is -2.26. The average molecular weight is 271 g/mol. The SMILES string of the molecule is CCN(C)C(CN)c1ccc(Br)c(C)c1. The van der Waals surface area contributed by atoms with Gasteiger partial charge in [-0.1, -0.05) is 35.0 Å². The summed E-state index contributed by atoms with van der Waals surface area (Å²) in [6.07, 6.45) is 0. The van der Waals surface area contributed by atoms with Crippen LogP contribution < -0.4 is 5.73 Å². The van der Waals surface area contributed by atoms with Gasteiger partial charge in [-0.3, -0.25) is 4.90 Å². The van der Waals surface area contributed by atoms with E-state index >= 15 is 0 Å². The number of hydrogen-bond acceptors (Lipinski definition) is 2. The Morgan fingerprint density at radius 2 is 2.13 bits per heavy atom. The van der Waals surface area contributed by atoms with Crippen molar-refractivity contribution in [3.05, 3.63) is 33.8 Å². The van der Waals surface area contributed by atoms with E-state index in [1.165, 1.54) is 11.1 Å². The third-order valence-electron chi connectivity index (χ3n) is 2.82. The molecule has 0 amide bonds. The second-order valence-corrected chi connectivity index (χ2v) is 4.69. The van der Waals surface area contributed by atoms with Gasteiger partial charge in [0.2, 0.25) is 0 Å². The Labute approximate surface area is 101 Å². The van der Waals surface area contributed by atoms with E-state index in [4.69, 9.17) is 5.73 Å². The Bertz CT molecular complexity index is 325. The lowest BCUT2D eigenvalue weighted by Crippen LogP contribution is -2.30. The minimum atomic E-state index is 0.321. The topological polar surface area (TPSA) is 29.3 Å². The summed E-state index contributed by atoms with van der Waals surface area (Å²) in [4.78, 5) is 2.27. The van der Waals surface area contributed by atoms with Gasteiger partial charge < -0.3 is 5.73 Å². The fourth-order valence-electron chi connectivity index (χ4n) is 1.67. The molecule has 0 spiro atoms. The van der Waals surface area contributed by atoms with Crippen molar-refractivity contribution in [3.8, 4) is 0 Å². The largest absolute Gasteiger partial charge is 0.329 e. The molecule has 0 aliphatic heterocycles. The molecule has 15 heavy (non-hydrogen) atoms. The maximum Gasteiger partial charge on any atom is 0.0467 e. The van der Waals surface area contributed by atoms with E-state index in [-0.39, 0.29) is 0 Å². The number of nitrogens with two attached hydrogens (primary N) is 1. The van der Waals surface area contributed by atoms with Crippen molar-refractivity contribution in [2.75, 3.05) is 20.1 Å². The highest BCUT2D eigenvalue weighted by Gasteiger charge is 2.14. The number of nitrogens with zero attached hydrogens (tertiary/aromatic N) is 1. The summed E-state index contributed by atoms with van der Waals surface area (Å²) in [6, 6.07) is 6.76. The lowest BCUT2D eigenvalue weighted by molar-refractivity contribution is 0.263. The second-order valence-electron chi connectivity index (χ2n) is 3.83. The summed E-state index contributed by atoms with van der Waals surface area (Å²) in [6.45, 7) is 5.92. The number of halogens is 1. The van der Waals surface area contributed by atoms with Crippen molar-refractivity contribution in [1.82, 2.24) is 4.90 Å². The highest BCUT2D eigenvalue weighted by molar-refractivity contribution is 9.10. The Morgan fingerprint density at radius 1 is 1.47 bits per heavy atom. The Morgan fingerprint density at radius 3 is 2.60 bits per heavy atom. The van der Waals surface area contributed by atoms with Crippen LogP contribution >= 0.6 is 15.9 Å². The zero-order chi connectivity index (χ0) is 11.4. The Hall–Kier alpha value is -0.380. The van der Waals surface area contributed by atoms with E-state index < -0.39 is 0 Å². The molecule has 1 aromatic rings. The molecule has 1 unspecified atom stereocenters. The fraction of sp³-hybridized carbons (Fsp3) is 0.500. The quantitative estimate of drug-likeness (QED) is 0.912. The van der Waals surface area contributed by atoms with E-state index in [2.05, 4.69) is 59.9 Å². The van der Waals surface area contributed by atoms with Crippen molar-refractivity contribution in [2.45, 2.75) is 19.9 Å². The summed E-state index contributed by atoms with van der Waals surface area (Å²) in [5.74, 6) is 0. The maximum absolute atomic E-state index is 5.82. The number of rotatable bonds is 4. The van der Waals surface area contributed by atoms with Crippen molar-refractivity contribution in [3.63, 3.8) is 0 Å². The van der Waals surface area contributed by atoms with Crippen LogP contribution in [-0.2, 0) is 0 Å². The van der Waals surface area contributed by atoms with Gasteiger partial charge in [0.05, 0.1) is 0 Å². The lowest BCUT2D eigenvalue weighted by atomic mass is 10.0. The molecule has 0 fully saturated rings. The predicted molar refractivity (Wildman–Crippen MR) is 69.0 cm³/mol. The zero-order valence-corrected chi connectivity index (χ0v) is 11.2. The van der Waals surface area contributed by atoms with Gasteiger partial charge in [0.25, 0.3) is 0 Å². The summed E-state index contributed by atoms with van der Waals surface area (Å²) in [5.41, 5.74) is 8.37. The van der Waals surface area contributed by atoms with Gasteiger partial charge in [-0.25, -0.2) is 0 Å². The molecule has 84 valence electrons.